The molecular formula is C12H18O4. The molecule has 0 spiro atoms. The van der Waals surface area contributed by atoms with Gasteiger partial charge in [-0.25, -0.2) is 4.79 Å². The maximum atomic E-state index is 11.2. The number of rotatable bonds is 0. The minimum Gasteiger partial charge on any atom is -0.460 e. The Labute approximate surface area is 95.2 Å². The number of aliphatic hydroxyl groups excluding tert-OH is 2. The van der Waals surface area contributed by atoms with E-state index >= 15 is 0 Å². The topological polar surface area (TPSA) is 66.8 Å². The molecule has 1 heterocycles. The Bertz CT molecular complexity index is 283. The zero-order valence-corrected chi connectivity index (χ0v) is 9.37. The van der Waals surface area contributed by atoms with Crippen LogP contribution >= 0.6 is 0 Å². The van der Waals surface area contributed by atoms with Gasteiger partial charge >= 0.3 is 5.97 Å². The molecule has 0 radical (unpaired) electrons. The highest BCUT2D eigenvalue weighted by Gasteiger charge is 2.09. The minimum atomic E-state index is -0.864. The summed E-state index contributed by atoms with van der Waals surface area (Å²) in [6.45, 7) is 1.82. The van der Waals surface area contributed by atoms with Crippen molar-refractivity contribution in [3.05, 3.63) is 24.3 Å². The van der Waals surface area contributed by atoms with Gasteiger partial charge in [0.2, 0.25) is 0 Å². The van der Waals surface area contributed by atoms with Gasteiger partial charge in [-0.2, -0.15) is 0 Å². The van der Waals surface area contributed by atoms with Crippen molar-refractivity contribution < 1.29 is 19.7 Å². The monoisotopic (exact) mass is 226 g/mol. The van der Waals surface area contributed by atoms with Crippen LogP contribution in [0.4, 0.5) is 0 Å². The number of carbonyl (C=O) groups excluding carboxylic acids is 1. The van der Waals surface area contributed by atoms with E-state index < -0.39 is 18.2 Å². The maximum Gasteiger partial charge on any atom is 0.330 e. The summed E-state index contributed by atoms with van der Waals surface area (Å²) in [5.41, 5.74) is 0. The standard InChI is InChI=1S/C12H18O4/c1-9-3-2-4-10(13)5-6-11(14)7-8-12(15)16-9/h5-11,13-14H,2-4H2,1H3. The molecule has 0 aromatic heterocycles. The van der Waals surface area contributed by atoms with Crippen LogP contribution < -0.4 is 0 Å². The number of hydrogen-bond donors (Lipinski definition) is 2. The maximum absolute atomic E-state index is 11.2. The second kappa shape index (κ2) is 6.45. The minimum absolute atomic E-state index is 0.162. The summed E-state index contributed by atoms with van der Waals surface area (Å²) in [6.07, 6.45) is 6.08. The summed E-state index contributed by atoms with van der Waals surface area (Å²) < 4.78 is 5.06. The van der Waals surface area contributed by atoms with E-state index in [1.807, 2.05) is 6.92 Å². The van der Waals surface area contributed by atoms with Crippen molar-refractivity contribution in [3.8, 4) is 0 Å². The molecule has 0 fully saturated rings. The van der Waals surface area contributed by atoms with E-state index in [-0.39, 0.29) is 6.10 Å². The Morgan fingerprint density at radius 2 is 2.00 bits per heavy atom. The van der Waals surface area contributed by atoms with Gasteiger partial charge in [-0.15, -0.1) is 0 Å². The van der Waals surface area contributed by atoms with Gasteiger partial charge in [0.25, 0.3) is 0 Å². The van der Waals surface area contributed by atoms with Crippen LogP contribution in [0, 0.1) is 0 Å². The molecule has 3 atom stereocenters. The molecule has 16 heavy (non-hydrogen) atoms. The number of carbonyl (C=O) groups is 1. The number of hydrogen-bond acceptors (Lipinski definition) is 4. The lowest BCUT2D eigenvalue weighted by Crippen LogP contribution is -2.15. The predicted octanol–water partition coefficient (Wildman–Crippen LogP) is 0.936. The Hall–Kier alpha value is -1.13. The molecule has 1 rings (SSSR count). The van der Waals surface area contributed by atoms with E-state index in [2.05, 4.69) is 0 Å². The Morgan fingerprint density at radius 1 is 1.25 bits per heavy atom. The number of esters is 1. The first-order chi connectivity index (χ1) is 7.58. The van der Waals surface area contributed by atoms with E-state index in [1.165, 1.54) is 18.2 Å². The molecule has 1 aliphatic heterocycles. The summed E-state index contributed by atoms with van der Waals surface area (Å²) in [7, 11) is 0. The average molecular weight is 226 g/mol. The highest BCUT2D eigenvalue weighted by Crippen LogP contribution is 2.09. The third kappa shape index (κ3) is 5.09. The quantitative estimate of drug-likeness (QED) is 0.476. The first-order valence-electron chi connectivity index (χ1n) is 5.51. The van der Waals surface area contributed by atoms with Gasteiger partial charge in [-0.3, -0.25) is 0 Å². The molecule has 4 nitrogen and oxygen atoms in total. The van der Waals surface area contributed by atoms with Gasteiger partial charge < -0.3 is 14.9 Å². The van der Waals surface area contributed by atoms with Gasteiger partial charge in [0, 0.05) is 6.08 Å². The Balaban J connectivity index is 2.65. The van der Waals surface area contributed by atoms with E-state index in [0.717, 1.165) is 12.8 Å². The summed E-state index contributed by atoms with van der Waals surface area (Å²) in [5, 5.41) is 18.9. The van der Waals surface area contributed by atoms with Gasteiger partial charge in [-0.1, -0.05) is 12.2 Å². The summed E-state index contributed by atoms with van der Waals surface area (Å²) in [5.74, 6) is -0.443. The highest BCUT2D eigenvalue weighted by molar-refractivity contribution is 5.82. The summed E-state index contributed by atoms with van der Waals surface area (Å²) in [6, 6.07) is 0. The fourth-order valence-electron chi connectivity index (χ4n) is 1.49. The number of ether oxygens (including phenoxy) is 1. The van der Waals surface area contributed by atoms with Crippen LogP contribution in [0.15, 0.2) is 24.3 Å². The van der Waals surface area contributed by atoms with Crippen molar-refractivity contribution >= 4 is 5.97 Å². The normalized spacial score (nSPS) is 32.7. The van der Waals surface area contributed by atoms with E-state index in [4.69, 9.17) is 4.74 Å². The zero-order valence-electron chi connectivity index (χ0n) is 9.37. The molecule has 0 amide bonds. The van der Waals surface area contributed by atoms with Crippen molar-refractivity contribution in [3.63, 3.8) is 0 Å². The van der Waals surface area contributed by atoms with Crippen LogP contribution in [-0.2, 0) is 9.53 Å². The molecule has 0 saturated heterocycles. The lowest BCUT2D eigenvalue weighted by molar-refractivity contribution is -0.142. The second-order valence-corrected chi connectivity index (χ2v) is 3.98. The molecule has 0 aromatic carbocycles. The molecule has 90 valence electrons. The molecule has 2 N–H and O–H groups in total. The van der Waals surface area contributed by atoms with Crippen LogP contribution in [0.2, 0.25) is 0 Å². The molecule has 1 aliphatic rings. The first-order valence-corrected chi connectivity index (χ1v) is 5.51. The molecular weight excluding hydrogens is 208 g/mol. The van der Waals surface area contributed by atoms with Gasteiger partial charge in [0.1, 0.15) is 0 Å². The van der Waals surface area contributed by atoms with Crippen molar-refractivity contribution in [2.45, 2.75) is 44.5 Å². The van der Waals surface area contributed by atoms with Crippen molar-refractivity contribution in [2.75, 3.05) is 0 Å². The molecule has 0 aliphatic carbocycles. The second-order valence-electron chi connectivity index (χ2n) is 3.98. The molecule has 4 heteroatoms. The average Bonchev–Trinajstić information content (AvgIpc) is 2.22. The SMILES string of the molecule is CC1CCCC(O)C=CC(O)C=CC(=O)O1. The molecule has 0 saturated carbocycles. The van der Waals surface area contributed by atoms with Crippen LogP contribution in [0.25, 0.3) is 0 Å². The summed E-state index contributed by atoms with van der Waals surface area (Å²) >= 11 is 0. The largest absolute Gasteiger partial charge is 0.460 e. The van der Waals surface area contributed by atoms with Gasteiger partial charge in [0.15, 0.2) is 0 Å². The molecule has 3 unspecified atom stereocenters. The van der Waals surface area contributed by atoms with Gasteiger partial charge in [-0.05, 0) is 32.3 Å². The molecule has 0 bridgehead atoms. The predicted molar refractivity (Wildman–Crippen MR) is 59.7 cm³/mol. The zero-order chi connectivity index (χ0) is 12.0. The number of aliphatic hydroxyl groups is 2. The lowest BCUT2D eigenvalue weighted by atomic mass is 10.1. The third-order valence-corrected chi connectivity index (χ3v) is 2.39. The van der Waals surface area contributed by atoms with Crippen LogP contribution in [0.1, 0.15) is 26.2 Å². The van der Waals surface area contributed by atoms with Crippen molar-refractivity contribution in [2.24, 2.45) is 0 Å². The fraction of sp³-hybridized carbons (Fsp3) is 0.583. The lowest BCUT2D eigenvalue weighted by Gasteiger charge is -2.13. The van der Waals surface area contributed by atoms with Gasteiger partial charge in [0.05, 0.1) is 18.3 Å². The number of cyclic esters (lactones) is 1. The Kier molecular flexibility index (Phi) is 5.22. The van der Waals surface area contributed by atoms with Crippen molar-refractivity contribution in [1.29, 1.82) is 0 Å². The molecule has 0 aromatic rings. The Morgan fingerprint density at radius 3 is 2.75 bits per heavy atom. The van der Waals surface area contributed by atoms with Crippen molar-refractivity contribution in [1.82, 2.24) is 0 Å². The van der Waals surface area contributed by atoms with E-state index in [9.17, 15) is 15.0 Å². The fourth-order valence-corrected chi connectivity index (χ4v) is 1.49. The first kappa shape index (κ1) is 12.9. The summed E-state index contributed by atoms with van der Waals surface area (Å²) in [4.78, 5) is 11.2. The highest BCUT2D eigenvalue weighted by atomic mass is 16.5. The van der Waals surface area contributed by atoms with Crippen LogP contribution in [-0.4, -0.2) is 34.5 Å². The smallest absolute Gasteiger partial charge is 0.330 e. The third-order valence-electron chi connectivity index (χ3n) is 2.39. The van der Waals surface area contributed by atoms with Crippen LogP contribution in [0.5, 0.6) is 0 Å². The van der Waals surface area contributed by atoms with Crippen LogP contribution in [0.3, 0.4) is 0 Å². The van der Waals surface area contributed by atoms with E-state index in [1.54, 1.807) is 6.08 Å². The van der Waals surface area contributed by atoms with E-state index in [0.29, 0.717) is 6.42 Å².